The van der Waals surface area contributed by atoms with Gasteiger partial charge in [0, 0.05) is 25.1 Å². The Morgan fingerprint density at radius 2 is 1.83 bits per heavy atom. The highest BCUT2D eigenvalue weighted by Gasteiger charge is 2.32. The molecule has 0 atom stereocenters. The van der Waals surface area contributed by atoms with Crippen LogP contribution in [0.1, 0.15) is 11.1 Å². The molecular formula is C19H15F3N4O3S. The number of rotatable bonds is 4. The van der Waals surface area contributed by atoms with Gasteiger partial charge in [0.1, 0.15) is 0 Å². The topological polar surface area (TPSA) is 84.3 Å². The standard InChI is InChI=1S/C19H15F3N4O3S/c1-25-16-6-4-14(9-12(16)10-18(25)27)30(28,29)24-15-11-13(19(20,21)22)3-5-17(15)26-8-2-7-23-26/h2-9,11,24H,10H2,1H3. The molecule has 156 valence electrons. The largest absolute Gasteiger partial charge is 0.416 e. The van der Waals surface area contributed by atoms with E-state index in [0.717, 1.165) is 18.2 Å². The number of halogens is 3. The predicted molar refractivity (Wildman–Crippen MR) is 103 cm³/mol. The quantitative estimate of drug-likeness (QED) is 0.681. The van der Waals surface area contributed by atoms with E-state index < -0.39 is 21.8 Å². The van der Waals surface area contributed by atoms with E-state index in [9.17, 15) is 26.4 Å². The van der Waals surface area contributed by atoms with Crippen molar-refractivity contribution < 1.29 is 26.4 Å². The monoisotopic (exact) mass is 436 g/mol. The minimum atomic E-state index is -4.65. The van der Waals surface area contributed by atoms with Crippen molar-refractivity contribution in [2.75, 3.05) is 16.7 Å². The number of aromatic nitrogens is 2. The number of alkyl halides is 3. The second kappa shape index (κ2) is 6.87. The van der Waals surface area contributed by atoms with Crippen molar-refractivity contribution in [3.63, 3.8) is 0 Å². The molecule has 0 saturated heterocycles. The fourth-order valence-electron chi connectivity index (χ4n) is 3.22. The van der Waals surface area contributed by atoms with Crippen LogP contribution >= 0.6 is 0 Å². The van der Waals surface area contributed by atoms with Crippen molar-refractivity contribution in [1.82, 2.24) is 9.78 Å². The summed E-state index contributed by atoms with van der Waals surface area (Å²) in [5.74, 6) is -0.175. The number of nitrogens with zero attached hydrogens (tertiary/aromatic N) is 3. The molecule has 2 heterocycles. The van der Waals surface area contributed by atoms with Gasteiger partial charge in [-0.15, -0.1) is 0 Å². The van der Waals surface area contributed by atoms with E-state index in [4.69, 9.17) is 0 Å². The molecule has 0 fully saturated rings. The Kier molecular flexibility index (Phi) is 4.57. The van der Waals surface area contributed by atoms with E-state index in [-0.39, 0.29) is 28.6 Å². The lowest BCUT2D eigenvalue weighted by Gasteiger charge is -2.16. The van der Waals surface area contributed by atoms with Crippen LogP contribution in [0.25, 0.3) is 5.69 Å². The molecule has 1 N–H and O–H groups in total. The molecule has 3 aromatic rings. The van der Waals surface area contributed by atoms with Crippen molar-refractivity contribution in [2.24, 2.45) is 0 Å². The van der Waals surface area contributed by atoms with E-state index in [1.54, 1.807) is 13.1 Å². The zero-order chi connectivity index (χ0) is 21.7. The SMILES string of the molecule is CN1C(=O)Cc2cc(S(=O)(=O)Nc3cc(C(F)(F)F)ccc3-n3cccn3)ccc21. The highest BCUT2D eigenvalue weighted by Crippen LogP contribution is 2.35. The molecule has 0 spiro atoms. The number of hydrogen-bond acceptors (Lipinski definition) is 4. The molecular weight excluding hydrogens is 421 g/mol. The number of amides is 1. The van der Waals surface area contributed by atoms with Crippen molar-refractivity contribution in [2.45, 2.75) is 17.5 Å². The Morgan fingerprint density at radius 3 is 2.50 bits per heavy atom. The van der Waals surface area contributed by atoms with Gasteiger partial charge in [-0.1, -0.05) is 0 Å². The van der Waals surface area contributed by atoms with Crippen LogP contribution in [0.4, 0.5) is 24.5 Å². The van der Waals surface area contributed by atoms with Crippen molar-refractivity contribution >= 4 is 27.3 Å². The third-order valence-electron chi connectivity index (χ3n) is 4.76. The lowest BCUT2D eigenvalue weighted by Crippen LogP contribution is -2.20. The smallest absolute Gasteiger partial charge is 0.315 e. The first-order valence-electron chi connectivity index (χ1n) is 8.70. The number of carbonyl (C=O) groups excluding carboxylic acids is 1. The Bertz CT molecular complexity index is 1240. The number of anilines is 2. The Hall–Kier alpha value is -3.34. The maximum Gasteiger partial charge on any atom is 0.416 e. The lowest BCUT2D eigenvalue weighted by molar-refractivity contribution is -0.137. The van der Waals surface area contributed by atoms with Gasteiger partial charge in [0.2, 0.25) is 5.91 Å². The summed E-state index contributed by atoms with van der Waals surface area (Å²) in [5.41, 5.74) is -0.0240. The van der Waals surface area contributed by atoms with Gasteiger partial charge in [0.15, 0.2) is 0 Å². The molecule has 0 unspecified atom stereocenters. The van der Waals surface area contributed by atoms with E-state index >= 15 is 0 Å². The van der Waals surface area contributed by atoms with Gasteiger partial charge >= 0.3 is 6.18 Å². The lowest BCUT2D eigenvalue weighted by atomic mass is 10.1. The molecule has 0 saturated carbocycles. The van der Waals surface area contributed by atoms with E-state index in [1.807, 2.05) is 0 Å². The number of carbonyl (C=O) groups is 1. The second-order valence-electron chi connectivity index (χ2n) is 6.71. The summed E-state index contributed by atoms with van der Waals surface area (Å²) in [6.45, 7) is 0. The number of nitrogens with one attached hydrogen (secondary N) is 1. The van der Waals surface area contributed by atoms with Crippen LogP contribution in [0.2, 0.25) is 0 Å². The second-order valence-corrected chi connectivity index (χ2v) is 8.39. The number of fused-ring (bicyclic) bond motifs is 1. The summed E-state index contributed by atoms with van der Waals surface area (Å²) in [6.07, 6.45) is -1.69. The van der Waals surface area contributed by atoms with Gasteiger partial charge in [-0.2, -0.15) is 18.3 Å². The molecule has 11 heteroatoms. The summed E-state index contributed by atoms with van der Waals surface area (Å²) in [7, 11) is -2.65. The number of sulfonamides is 1. The normalized spacial score (nSPS) is 14.1. The van der Waals surface area contributed by atoms with Crippen molar-refractivity contribution in [3.8, 4) is 5.69 Å². The maximum absolute atomic E-state index is 13.2. The van der Waals surface area contributed by atoms with E-state index in [0.29, 0.717) is 11.3 Å². The molecule has 0 radical (unpaired) electrons. The first-order chi connectivity index (χ1) is 14.1. The summed E-state index contributed by atoms with van der Waals surface area (Å²) in [6, 6.07) is 8.42. The molecule has 0 aliphatic carbocycles. The zero-order valence-corrected chi connectivity index (χ0v) is 16.3. The van der Waals surface area contributed by atoms with E-state index in [2.05, 4.69) is 9.82 Å². The summed E-state index contributed by atoms with van der Waals surface area (Å²) in [5, 5.41) is 3.96. The van der Waals surface area contributed by atoms with Gasteiger partial charge in [-0.25, -0.2) is 13.1 Å². The van der Waals surface area contributed by atoms with Crippen LogP contribution in [-0.4, -0.2) is 31.2 Å². The number of likely N-dealkylation sites (N-methyl/N-ethyl adjacent to an activating group) is 1. The molecule has 30 heavy (non-hydrogen) atoms. The highest BCUT2D eigenvalue weighted by atomic mass is 32.2. The Morgan fingerprint density at radius 1 is 1.10 bits per heavy atom. The Balaban J connectivity index is 1.76. The molecule has 1 aromatic heterocycles. The third kappa shape index (κ3) is 3.52. The first-order valence-corrected chi connectivity index (χ1v) is 10.2. The van der Waals surface area contributed by atoms with Gasteiger partial charge in [0.05, 0.1) is 28.3 Å². The molecule has 1 amide bonds. The van der Waals surface area contributed by atoms with Crippen molar-refractivity contribution in [3.05, 3.63) is 66.0 Å². The van der Waals surface area contributed by atoms with Gasteiger partial charge in [-0.3, -0.25) is 9.52 Å². The molecule has 4 rings (SSSR count). The van der Waals surface area contributed by atoms with E-state index in [1.165, 1.54) is 40.2 Å². The summed E-state index contributed by atoms with van der Waals surface area (Å²) in [4.78, 5) is 13.1. The maximum atomic E-state index is 13.2. The van der Waals surface area contributed by atoms with Crippen LogP contribution in [0.15, 0.2) is 59.8 Å². The van der Waals surface area contributed by atoms with Gasteiger partial charge in [0.25, 0.3) is 10.0 Å². The fraction of sp³-hybridized carbons (Fsp3) is 0.158. The predicted octanol–water partition coefficient (Wildman–Crippen LogP) is 3.21. The molecule has 1 aliphatic rings. The summed E-state index contributed by atoms with van der Waals surface area (Å²) < 4.78 is 68.9. The highest BCUT2D eigenvalue weighted by molar-refractivity contribution is 7.92. The number of benzene rings is 2. The average Bonchev–Trinajstić information content (AvgIpc) is 3.29. The van der Waals surface area contributed by atoms with Crippen LogP contribution in [0.3, 0.4) is 0 Å². The Labute approximate surface area is 169 Å². The minimum Gasteiger partial charge on any atom is -0.315 e. The fourth-order valence-corrected chi connectivity index (χ4v) is 4.34. The van der Waals surface area contributed by atoms with Crippen LogP contribution in [0, 0.1) is 0 Å². The van der Waals surface area contributed by atoms with Crippen LogP contribution in [0.5, 0.6) is 0 Å². The zero-order valence-electron chi connectivity index (χ0n) is 15.5. The minimum absolute atomic E-state index is 0.0529. The van der Waals surface area contributed by atoms with Crippen LogP contribution < -0.4 is 9.62 Å². The average molecular weight is 436 g/mol. The summed E-state index contributed by atoms with van der Waals surface area (Å²) >= 11 is 0. The van der Waals surface area contributed by atoms with Gasteiger partial charge < -0.3 is 4.90 Å². The third-order valence-corrected chi connectivity index (χ3v) is 6.12. The first kappa shape index (κ1) is 20.0. The van der Waals surface area contributed by atoms with Gasteiger partial charge in [-0.05, 0) is 48.0 Å². The molecule has 2 aromatic carbocycles. The van der Waals surface area contributed by atoms with Crippen molar-refractivity contribution in [1.29, 1.82) is 0 Å². The van der Waals surface area contributed by atoms with Crippen LogP contribution in [-0.2, 0) is 27.4 Å². The molecule has 7 nitrogen and oxygen atoms in total. The number of hydrogen-bond donors (Lipinski definition) is 1. The molecule has 1 aliphatic heterocycles. The molecule has 0 bridgehead atoms.